The van der Waals surface area contributed by atoms with Crippen LogP contribution in [0.5, 0.6) is 0 Å². The van der Waals surface area contributed by atoms with E-state index in [-0.39, 0.29) is 0 Å². The van der Waals surface area contributed by atoms with Gasteiger partial charge in [0.25, 0.3) is 0 Å². The summed E-state index contributed by atoms with van der Waals surface area (Å²) in [6, 6.07) is 23.1. The molecule has 2 aromatic carbocycles. The molecule has 0 radical (unpaired) electrons. The Morgan fingerprint density at radius 3 is 2.36 bits per heavy atom. The van der Waals surface area contributed by atoms with Crippen LogP contribution in [0.1, 0.15) is 61.3 Å². The van der Waals surface area contributed by atoms with E-state index >= 15 is 0 Å². The Morgan fingerprint density at radius 1 is 1.03 bits per heavy atom. The van der Waals surface area contributed by atoms with Crippen molar-refractivity contribution in [2.75, 3.05) is 11.1 Å². The molecule has 5 heteroatoms. The summed E-state index contributed by atoms with van der Waals surface area (Å²) in [5.74, 6) is 0.472. The van der Waals surface area contributed by atoms with E-state index in [1.54, 1.807) is 11.8 Å². The molecule has 0 saturated heterocycles. The highest BCUT2D eigenvalue weighted by Gasteiger charge is 2.35. The third-order valence-electron chi connectivity index (χ3n) is 6.68. The molecular formula is C28H28N4S. The van der Waals surface area contributed by atoms with Crippen molar-refractivity contribution in [2.45, 2.75) is 54.8 Å². The van der Waals surface area contributed by atoms with Gasteiger partial charge in [-0.2, -0.15) is 5.26 Å². The summed E-state index contributed by atoms with van der Waals surface area (Å²) < 4.78 is 0. The maximum atomic E-state index is 10.3. The van der Waals surface area contributed by atoms with Gasteiger partial charge in [-0.1, -0.05) is 79.9 Å². The van der Waals surface area contributed by atoms with E-state index in [1.807, 2.05) is 36.4 Å². The second-order valence-electron chi connectivity index (χ2n) is 9.03. The lowest BCUT2D eigenvalue weighted by Gasteiger charge is -2.37. The van der Waals surface area contributed by atoms with Gasteiger partial charge in [-0.25, -0.2) is 4.98 Å². The molecule has 3 aromatic rings. The maximum absolute atomic E-state index is 10.3. The molecule has 3 N–H and O–H groups in total. The fraction of sp³-hybridized carbons (Fsp3) is 0.286. The summed E-state index contributed by atoms with van der Waals surface area (Å²) in [6.45, 7) is 2.15. The van der Waals surface area contributed by atoms with E-state index in [2.05, 4.69) is 48.7 Å². The molecule has 166 valence electrons. The zero-order chi connectivity index (χ0) is 22.8. The van der Waals surface area contributed by atoms with Crippen LogP contribution in [0.2, 0.25) is 0 Å². The first-order valence-corrected chi connectivity index (χ1v) is 12.5. The predicted octanol–water partition coefficient (Wildman–Crippen LogP) is 6.73. The number of aromatic nitrogens is 1. The maximum Gasteiger partial charge on any atom is 0.134 e. The summed E-state index contributed by atoms with van der Waals surface area (Å²) in [4.78, 5) is 4.79. The van der Waals surface area contributed by atoms with Crippen molar-refractivity contribution in [3.8, 4) is 6.07 Å². The Hall–Kier alpha value is -3.23. The van der Waals surface area contributed by atoms with E-state index in [9.17, 15) is 5.26 Å². The molecule has 33 heavy (non-hydrogen) atoms. The molecular weight excluding hydrogens is 424 g/mol. The lowest BCUT2D eigenvalue weighted by molar-refractivity contribution is 0.515. The molecule has 1 aliphatic heterocycles. The number of hydrogen-bond acceptors (Lipinski definition) is 5. The van der Waals surface area contributed by atoms with Crippen LogP contribution in [0.4, 0.5) is 11.5 Å². The molecule has 2 heterocycles. The van der Waals surface area contributed by atoms with Crippen molar-refractivity contribution in [3.63, 3.8) is 0 Å². The minimum Gasteiger partial charge on any atom is -0.383 e. The molecule has 1 aromatic heterocycles. The SMILES string of the molecule is CC1(c2ccccc2)C=C(c2ccccc2)c2c(N)nc(SC3CCCCC3)c(C#N)c2N1. The van der Waals surface area contributed by atoms with Crippen molar-refractivity contribution in [3.05, 3.63) is 89.0 Å². The average molecular weight is 453 g/mol. The molecule has 5 rings (SSSR count). The van der Waals surface area contributed by atoms with Crippen LogP contribution in [-0.4, -0.2) is 10.2 Å². The zero-order valence-electron chi connectivity index (χ0n) is 18.8. The summed E-state index contributed by atoms with van der Waals surface area (Å²) in [5, 5.41) is 15.2. The molecule has 1 unspecified atom stereocenters. The van der Waals surface area contributed by atoms with Crippen LogP contribution in [-0.2, 0) is 5.54 Å². The number of nitriles is 1. The third kappa shape index (κ3) is 4.12. The number of benzene rings is 2. The van der Waals surface area contributed by atoms with Gasteiger partial charge in [0.1, 0.15) is 22.5 Å². The lowest BCUT2D eigenvalue weighted by Crippen LogP contribution is -2.34. The first-order valence-electron chi connectivity index (χ1n) is 11.6. The third-order valence-corrected chi connectivity index (χ3v) is 8.00. The minimum atomic E-state index is -0.494. The number of hydrogen-bond donors (Lipinski definition) is 2. The van der Waals surface area contributed by atoms with Crippen LogP contribution in [0.3, 0.4) is 0 Å². The van der Waals surface area contributed by atoms with Gasteiger partial charge in [0.15, 0.2) is 0 Å². The molecule has 1 fully saturated rings. The Balaban J connectivity index is 1.69. The number of rotatable bonds is 4. The Bertz CT molecular complexity index is 1220. The van der Waals surface area contributed by atoms with E-state index in [1.165, 1.54) is 32.1 Å². The summed E-state index contributed by atoms with van der Waals surface area (Å²) >= 11 is 1.72. The summed E-state index contributed by atoms with van der Waals surface area (Å²) in [6.07, 6.45) is 8.32. The number of anilines is 2. The molecule has 0 bridgehead atoms. The fourth-order valence-electron chi connectivity index (χ4n) is 4.95. The highest BCUT2D eigenvalue weighted by molar-refractivity contribution is 7.99. The van der Waals surface area contributed by atoms with Gasteiger partial charge in [0.2, 0.25) is 0 Å². The van der Waals surface area contributed by atoms with E-state index in [0.29, 0.717) is 16.6 Å². The number of nitrogen functional groups attached to an aromatic ring is 1. The average Bonchev–Trinajstić information content (AvgIpc) is 2.85. The van der Waals surface area contributed by atoms with Crippen molar-refractivity contribution < 1.29 is 0 Å². The largest absolute Gasteiger partial charge is 0.383 e. The number of nitrogens with zero attached hydrogens (tertiary/aromatic N) is 2. The second kappa shape index (κ2) is 8.96. The van der Waals surface area contributed by atoms with Crippen LogP contribution in [0.25, 0.3) is 5.57 Å². The van der Waals surface area contributed by atoms with Gasteiger partial charge >= 0.3 is 0 Å². The fourth-order valence-corrected chi connectivity index (χ4v) is 6.25. The number of nitrogens with one attached hydrogen (secondary N) is 1. The topological polar surface area (TPSA) is 74.7 Å². The number of fused-ring (bicyclic) bond motifs is 1. The van der Waals surface area contributed by atoms with Crippen LogP contribution < -0.4 is 11.1 Å². The predicted molar refractivity (Wildman–Crippen MR) is 137 cm³/mol. The van der Waals surface area contributed by atoms with E-state index < -0.39 is 5.54 Å². The Morgan fingerprint density at radius 2 is 1.70 bits per heavy atom. The van der Waals surface area contributed by atoms with Gasteiger partial charge in [0, 0.05) is 10.8 Å². The van der Waals surface area contributed by atoms with E-state index in [0.717, 1.165) is 33.0 Å². The second-order valence-corrected chi connectivity index (χ2v) is 10.3. The number of pyridine rings is 1. The molecule has 0 amide bonds. The quantitative estimate of drug-likeness (QED) is 0.459. The first-order chi connectivity index (χ1) is 16.1. The van der Waals surface area contributed by atoms with Crippen molar-refractivity contribution >= 4 is 28.8 Å². The molecule has 1 aliphatic carbocycles. The van der Waals surface area contributed by atoms with E-state index in [4.69, 9.17) is 10.7 Å². The standard InChI is InChI=1S/C28H28N4S/c1-28(20-13-7-3-8-14-20)17-22(19-11-5-2-6-12-19)24-25(32-28)23(18-29)27(31-26(24)30)33-21-15-9-4-10-16-21/h2-3,5-8,11-14,17,21,32H,4,9-10,15-16H2,1H3,(H2,30,31). The molecule has 4 nitrogen and oxygen atoms in total. The number of nitrogens with two attached hydrogens (primary N) is 1. The Kier molecular flexibility index (Phi) is 5.86. The van der Waals surface area contributed by atoms with Crippen molar-refractivity contribution in [2.24, 2.45) is 0 Å². The van der Waals surface area contributed by atoms with Gasteiger partial charge in [0.05, 0.1) is 11.2 Å². The highest BCUT2D eigenvalue weighted by atomic mass is 32.2. The first kappa shape index (κ1) is 21.6. The van der Waals surface area contributed by atoms with Crippen LogP contribution in [0, 0.1) is 11.3 Å². The molecule has 1 atom stereocenters. The smallest absolute Gasteiger partial charge is 0.134 e. The van der Waals surface area contributed by atoms with Crippen LogP contribution in [0.15, 0.2) is 71.8 Å². The Labute approximate surface area is 199 Å². The summed E-state index contributed by atoms with van der Waals surface area (Å²) in [5.41, 5.74) is 11.5. The van der Waals surface area contributed by atoms with Crippen molar-refractivity contribution in [1.29, 1.82) is 5.26 Å². The van der Waals surface area contributed by atoms with Gasteiger partial charge in [-0.3, -0.25) is 0 Å². The molecule has 0 spiro atoms. The highest BCUT2D eigenvalue weighted by Crippen LogP contribution is 2.47. The van der Waals surface area contributed by atoms with Gasteiger partial charge < -0.3 is 11.1 Å². The lowest BCUT2D eigenvalue weighted by atomic mass is 9.81. The van der Waals surface area contributed by atoms with Gasteiger partial charge in [-0.05, 0) is 42.5 Å². The van der Waals surface area contributed by atoms with Crippen molar-refractivity contribution in [1.82, 2.24) is 4.98 Å². The van der Waals surface area contributed by atoms with Crippen LogP contribution >= 0.6 is 11.8 Å². The minimum absolute atomic E-state index is 0.472. The molecule has 2 aliphatic rings. The van der Waals surface area contributed by atoms with Gasteiger partial charge in [-0.15, -0.1) is 11.8 Å². The monoisotopic (exact) mass is 452 g/mol. The summed E-state index contributed by atoms with van der Waals surface area (Å²) in [7, 11) is 0. The normalized spacial score (nSPS) is 20.3. The molecule has 1 saturated carbocycles. The zero-order valence-corrected chi connectivity index (χ0v) is 19.7. The number of thioether (sulfide) groups is 1.